The van der Waals surface area contributed by atoms with E-state index < -0.39 is 5.97 Å². The van der Waals surface area contributed by atoms with E-state index in [0.29, 0.717) is 28.7 Å². The van der Waals surface area contributed by atoms with Gasteiger partial charge in [-0.25, -0.2) is 9.78 Å². The van der Waals surface area contributed by atoms with Crippen LogP contribution in [0.1, 0.15) is 35.6 Å². The lowest BCUT2D eigenvalue weighted by Gasteiger charge is -2.12. The van der Waals surface area contributed by atoms with Gasteiger partial charge in [-0.1, -0.05) is 41.8 Å². The molecular weight excluding hydrogens is 354 g/mol. The molecule has 0 fully saturated rings. The van der Waals surface area contributed by atoms with Crippen molar-refractivity contribution in [2.45, 2.75) is 32.4 Å². The van der Waals surface area contributed by atoms with Crippen molar-refractivity contribution in [3.8, 4) is 0 Å². The number of thioether (sulfide) groups is 2. The summed E-state index contributed by atoms with van der Waals surface area (Å²) in [5.74, 6) is 0.465. The molecule has 2 heterocycles. The minimum Gasteiger partial charge on any atom is -0.462 e. The van der Waals surface area contributed by atoms with E-state index in [4.69, 9.17) is 4.74 Å². The third-order valence-corrected chi connectivity index (χ3v) is 6.57. The predicted octanol–water partition coefficient (Wildman–Crippen LogP) is 3.18. The van der Waals surface area contributed by atoms with E-state index in [-0.39, 0.29) is 11.2 Å². The molecule has 1 aliphatic heterocycles. The van der Waals surface area contributed by atoms with Crippen LogP contribution in [0.2, 0.25) is 0 Å². The normalized spacial score (nSPS) is 15.2. The number of nitrogens with zero attached hydrogens (tertiary/aromatic N) is 2. The Morgan fingerprint density at radius 3 is 2.83 bits per heavy atom. The molecule has 0 radical (unpaired) electrons. The van der Waals surface area contributed by atoms with Crippen molar-refractivity contribution in [3.05, 3.63) is 10.6 Å². The Kier molecular flexibility index (Phi) is 6.91. The number of ether oxygens (including phenoxy) is 1. The average Bonchev–Trinajstić information content (AvgIpc) is 3.14. The summed E-state index contributed by atoms with van der Waals surface area (Å²) < 4.78 is 5.95. The highest BCUT2D eigenvalue weighted by Crippen LogP contribution is 2.29. The molecule has 0 aliphatic carbocycles. The van der Waals surface area contributed by atoms with Crippen molar-refractivity contribution in [2.24, 2.45) is 4.99 Å². The van der Waals surface area contributed by atoms with Crippen LogP contribution in [0.4, 0.5) is 5.13 Å². The van der Waals surface area contributed by atoms with Crippen LogP contribution in [-0.4, -0.2) is 45.4 Å². The summed E-state index contributed by atoms with van der Waals surface area (Å²) in [5, 5.41) is 3.01. The number of anilines is 1. The van der Waals surface area contributed by atoms with Crippen molar-refractivity contribution < 1.29 is 14.3 Å². The summed E-state index contributed by atoms with van der Waals surface area (Å²) in [7, 11) is 0. The van der Waals surface area contributed by atoms with E-state index in [0.717, 1.165) is 28.0 Å². The molecule has 1 aliphatic rings. The van der Waals surface area contributed by atoms with E-state index in [2.05, 4.69) is 15.3 Å². The van der Waals surface area contributed by atoms with Gasteiger partial charge in [-0.3, -0.25) is 9.79 Å². The van der Waals surface area contributed by atoms with Gasteiger partial charge in [0, 0.05) is 5.75 Å². The molecule has 23 heavy (non-hydrogen) atoms. The number of amides is 1. The molecule has 0 bridgehead atoms. The molecule has 0 saturated heterocycles. The molecule has 0 saturated carbocycles. The third-order valence-electron chi connectivity index (χ3n) is 2.95. The fraction of sp³-hybridized carbons (Fsp3) is 0.571. The zero-order valence-electron chi connectivity index (χ0n) is 13.2. The van der Waals surface area contributed by atoms with E-state index in [1.807, 2.05) is 6.92 Å². The molecule has 9 heteroatoms. The van der Waals surface area contributed by atoms with Crippen LogP contribution in [-0.2, 0) is 9.53 Å². The maximum Gasteiger partial charge on any atom is 0.350 e. The molecule has 0 unspecified atom stereocenters. The summed E-state index contributed by atoms with van der Waals surface area (Å²) in [6, 6.07) is 0. The number of aliphatic imine (C=N–C) groups is 1. The molecule has 0 aromatic carbocycles. The molecule has 1 atom stereocenters. The first-order valence-electron chi connectivity index (χ1n) is 7.34. The van der Waals surface area contributed by atoms with E-state index in [1.54, 1.807) is 25.6 Å². The summed E-state index contributed by atoms with van der Waals surface area (Å²) in [6.07, 6.45) is 0.700. The largest absolute Gasteiger partial charge is 0.462 e. The zero-order chi connectivity index (χ0) is 16.8. The number of aromatic nitrogens is 1. The van der Waals surface area contributed by atoms with Crippen molar-refractivity contribution in [1.29, 1.82) is 0 Å². The number of hydrogen-bond acceptors (Lipinski definition) is 8. The minimum atomic E-state index is -0.402. The number of rotatable bonds is 6. The second-order valence-electron chi connectivity index (χ2n) is 4.65. The molecule has 1 aromatic rings. The molecule has 0 spiro atoms. The lowest BCUT2D eigenvalue weighted by atomic mass is 10.3. The second-order valence-corrected chi connectivity index (χ2v) is 8.19. The first-order valence-corrected chi connectivity index (χ1v) is 10.0. The van der Waals surface area contributed by atoms with Gasteiger partial charge in [0.2, 0.25) is 5.91 Å². The summed E-state index contributed by atoms with van der Waals surface area (Å²) in [5.41, 5.74) is 0.570. The Morgan fingerprint density at radius 1 is 1.43 bits per heavy atom. The van der Waals surface area contributed by atoms with Crippen molar-refractivity contribution in [1.82, 2.24) is 4.98 Å². The van der Waals surface area contributed by atoms with Gasteiger partial charge in [0.25, 0.3) is 0 Å². The van der Waals surface area contributed by atoms with Crippen LogP contribution in [0.5, 0.6) is 0 Å². The SMILES string of the molecule is CCOC(=O)c1sc(NC(=O)[C@H](CC)SC2=NCCS2)nc1C. The monoisotopic (exact) mass is 373 g/mol. The Labute approximate surface area is 147 Å². The maximum atomic E-state index is 12.4. The van der Waals surface area contributed by atoms with Crippen LogP contribution in [0.15, 0.2) is 4.99 Å². The van der Waals surface area contributed by atoms with E-state index in [9.17, 15) is 9.59 Å². The number of hydrogen-bond donors (Lipinski definition) is 1. The van der Waals surface area contributed by atoms with Crippen LogP contribution in [0, 0.1) is 6.92 Å². The third kappa shape index (κ3) is 4.95. The van der Waals surface area contributed by atoms with Gasteiger partial charge in [0.15, 0.2) is 5.13 Å². The van der Waals surface area contributed by atoms with E-state index in [1.165, 1.54) is 11.8 Å². The number of nitrogens with one attached hydrogen (secondary N) is 1. The minimum absolute atomic E-state index is 0.114. The Morgan fingerprint density at radius 2 is 2.22 bits per heavy atom. The van der Waals surface area contributed by atoms with Gasteiger partial charge in [-0.15, -0.1) is 0 Å². The topological polar surface area (TPSA) is 80.6 Å². The lowest BCUT2D eigenvalue weighted by Crippen LogP contribution is -2.25. The van der Waals surface area contributed by atoms with Crippen LogP contribution in [0.3, 0.4) is 0 Å². The van der Waals surface area contributed by atoms with Gasteiger partial charge >= 0.3 is 5.97 Å². The molecule has 1 amide bonds. The lowest BCUT2D eigenvalue weighted by molar-refractivity contribution is -0.115. The maximum absolute atomic E-state index is 12.4. The van der Waals surface area contributed by atoms with Gasteiger partial charge in [-0.2, -0.15) is 0 Å². The van der Waals surface area contributed by atoms with Crippen molar-refractivity contribution in [2.75, 3.05) is 24.2 Å². The summed E-state index contributed by atoms with van der Waals surface area (Å²) in [4.78, 5) is 33.2. The fourth-order valence-electron chi connectivity index (χ4n) is 1.85. The number of carbonyl (C=O) groups excluding carboxylic acids is 2. The summed E-state index contributed by atoms with van der Waals surface area (Å²) in [6.45, 7) is 6.58. The number of carbonyl (C=O) groups is 2. The highest BCUT2D eigenvalue weighted by Gasteiger charge is 2.24. The van der Waals surface area contributed by atoms with Crippen LogP contribution >= 0.6 is 34.9 Å². The van der Waals surface area contributed by atoms with Gasteiger partial charge in [0.05, 0.1) is 24.1 Å². The quantitative estimate of drug-likeness (QED) is 0.772. The van der Waals surface area contributed by atoms with E-state index >= 15 is 0 Å². The Hall–Kier alpha value is -1.06. The van der Waals surface area contributed by atoms with Crippen molar-refractivity contribution in [3.63, 3.8) is 0 Å². The number of aryl methyl sites for hydroxylation is 1. The molecular formula is C14H19N3O3S3. The molecule has 126 valence electrons. The number of thiazole rings is 1. The fourth-order valence-corrected chi connectivity index (χ4v) is 4.87. The second kappa shape index (κ2) is 8.70. The van der Waals surface area contributed by atoms with Crippen molar-refractivity contribution >= 4 is 56.2 Å². The zero-order valence-corrected chi connectivity index (χ0v) is 15.7. The highest BCUT2D eigenvalue weighted by molar-refractivity contribution is 8.39. The first-order chi connectivity index (χ1) is 11.0. The van der Waals surface area contributed by atoms with Gasteiger partial charge in [0.1, 0.15) is 9.25 Å². The molecule has 1 N–H and O–H groups in total. The van der Waals surface area contributed by atoms with Gasteiger partial charge in [-0.05, 0) is 20.3 Å². The first kappa shape index (κ1) is 18.3. The Balaban J connectivity index is 2.01. The van der Waals surface area contributed by atoms with Gasteiger partial charge < -0.3 is 10.1 Å². The van der Waals surface area contributed by atoms with Crippen LogP contribution < -0.4 is 5.32 Å². The molecule has 1 aromatic heterocycles. The van der Waals surface area contributed by atoms with Crippen LogP contribution in [0.25, 0.3) is 0 Å². The number of esters is 1. The summed E-state index contributed by atoms with van der Waals surface area (Å²) >= 11 is 4.32. The highest BCUT2D eigenvalue weighted by atomic mass is 32.2. The smallest absolute Gasteiger partial charge is 0.350 e. The predicted molar refractivity (Wildman–Crippen MR) is 97.9 cm³/mol. The molecule has 2 rings (SSSR count). The Bertz CT molecular complexity index is 616. The molecule has 6 nitrogen and oxygen atoms in total. The standard InChI is InChI=1S/C14H19N3O3S3/c1-4-9(22-14-15-6-7-21-14)11(18)17-13-16-8(3)10(23-13)12(19)20-5-2/h9H,4-7H2,1-3H3,(H,16,17,18)/t9-/m0/s1. The average molecular weight is 374 g/mol.